The fourth-order valence-electron chi connectivity index (χ4n) is 9.50. The number of anilines is 1. The van der Waals surface area contributed by atoms with Gasteiger partial charge in [0.1, 0.15) is 5.75 Å². The van der Waals surface area contributed by atoms with E-state index in [1.165, 1.54) is 39.9 Å². The number of carbonyl (C=O) groups is 1. The topological polar surface area (TPSA) is 116 Å². The lowest BCUT2D eigenvalue weighted by Gasteiger charge is -2.43. The third kappa shape index (κ3) is 4.89. The smallest absolute Gasteiger partial charge is 0.303 e. The van der Waals surface area contributed by atoms with E-state index in [0.29, 0.717) is 6.42 Å². The third-order valence-electron chi connectivity index (χ3n) is 11.6. The van der Waals surface area contributed by atoms with Gasteiger partial charge in [0.25, 0.3) is 10.1 Å². The van der Waals surface area contributed by atoms with Crippen LogP contribution in [0.1, 0.15) is 76.8 Å². The second-order valence-electron chi connectivity index (χ2n) is 14.9. The van der Waals surface area contributed by atoms with Crippen molar-refractivity contribution in [3.8, 4) is 5.75 Å². The van der Waals surface area contributed by atoms with Gasteiger partial charge in [0.2, 0.25) is 5.69 Å². The number of unbranched alkanes of at least 4 members (excludes halogenated alkanes) is 2. The second-order valence-corrected chi connectivity index (χ2v) is 16.3. The summed E-state index contributed by atoms with van der Waals surface area (Å²) in [5.41, 5.74) is 8.97. The fraction of sp³-hybridized carbons (Fsp3) is 0.436. The van der Waals surface area contributed by atoms with Gasteiger partial charge in [0.15, 0.2) is 12.3 Å². The van der Waals surface area contributed by atoms with Gasteiger partial charge in [-0.1, -0.05) is 18.9 Å². The first kappa shape index (κ1) is 32.2. The molecule has 5 aliphatic heterocycles. The highest BCUT2D eigenvalue weighted by Crippen LogP contribution is 2.57. The Kier molecular flexibility index (Phi) is 7.41. The van der Waals surface area contributed by atoms with Gasteiger partial charge in [-0.2, -0.15) is 13.0 Å². The first-order chi connectivity index (χ1) is 23.3. The monoisotopic (exact) mass is 683 g/mol. The summed E-state index contributed by atoms with van der Waals surface area (Å²) < 4.78 is 48.8. The minimum absolute atomic E-state index is 0.0127. The maximum Gasteiger partial charge on any atom is 0.303 e. The van der Waals surface area contributed by atoms with Crippen LogP contribution in [0.15, 0.2) is 76.3 Å². The number of nitrogens with zero attached hydrogens (tertiary/aromatic N) is 2. The van der Waals surface area contributed by atoms with Crippen molar-refractivity contribution >= 4 is 43.9 Å². The summed E-state index contributed by atoms with van der Waals surface area (Å²) in [4.78, 5) is 13.6. The van der Waals surface area contributed by atoms with Crippen molar-refractivity contribution in [2.45, 2.75) is 93.7 Å². The SMILES string of the molecule is COc1ccc2c(c1)C(C)(CCCCCC(=O)O)C1=C3C=C4C5=[N+](CCC4OC3CCN12)c1ccc2cc(S(=O)(=O)O)ccc2c1C5(C)C. The molecule has 0 amide bonds. The maximum absolute atomic E-state index is 11.9. The number of hydrogen-bond donors (Lipinski definition) is 2. The van der Waals surface area contributed by atoms with E-state index in [0.717, 1.165) is 73.0 Å². The molecule has 256 valence electrons. The molecule has 0 aliphatic carbocycles. The first-order valence-electron chi connectivity index (χ1n) is 17.3. The van der Waals surface area contributed by atoms with Crippen molar-refractivity contribution in [2.24, 2.45) is 0 Å². The van der Waals surface area contributed by atoms with Crippen molar-refractivity contribution in [3.05, 3.63) is 82.6 Å². The van der Waals surface area contributed by atoms with Crippen molar-refractivity contribution in [1.29, 1.82) is 0 Å². The minimum atomic E-state index is -4.32. The Morgan fingerprint density at radius 1 is 1.04 bits per heavy atom. The van der Waals surface area contributed by atoms with Crippen LogP contribution in [0.4, 0.5) is 11.4 Å². The Morgan fingerprint density at radius 2 is 1.86 bits per heavy atom. The van der Waals surface area contributed by atoms with E-state index in [9.17, 15) is 22.9 Å². The third-order valence-corrected chi connectivity index (χ3v) is 12.5. The standard InChI is InChI=1S/C39H42N2O7S/c1-38(2)35-26-12-11-25(49(44,45)46)20-23(26)9-13-31(35)41-19-16-32-27(36(38)41)22-28-33(48-32)15-18-40-30-14-10-24(47-4)21-29(30)39(3,37(28)40)17-7-5-6-8-34(42)43/h9-14,20-22,32-33H,5-8,15-19H2,1-4H3,(H-,42,43,44,45,46)/p+1. The lowest BCUT2D eigenvalue weighted by Crippen LogP contribution is -2.47. The highest BCUT2D eigenvalue weighted by Gasteiger charge is 2.55. The minimum Gasteiger partial charge on any atom is -0.497 e. The van der Waals surface area contributed by atoms with Crippen LogP contribution < -0.4 is 9.64 Å². The fourth-order valence-corrected chi connectivity index (χ4v) is 10.0. The van der Waals surface area contributed by atoms with E-state index >= 15 is 0 Å². The van der Waals surface area contributed by atoms with E-state index in [2.05, 4.69) is 54.5 Å². The van der Waals surface area contributed by atoms with Crippen LogP contribution in [0.5, 0.6) is 5.75 Å². The molecule has 0 radical (unpaired) electrons. The maximum atomic E-state index is 11.9. The van der Waals surface area contributed by atoms with Gasteiger partial charge >= 0.3 is 5.97 Å². The number of ether oxygens (including phenoxy) is 2. The number of hydrogen-bond acceptors (Lipinski definition) is 6. The molecule has 2 N–H and O–H groups in total. The highest BCUT2D eigenvalue weighted by molar-refractivity contribution is 7.85. The zero-order chi connectivity index (χ0) is 34.5. The molecule has 3 atom stereocenters. The normalized spacial score (nSPS) is 24.9. The zero-order valence-corrected chi connectivity index (χ0v) is 29.3. The van der Waals surface area contributed by atoms with Gasteiger partial charge in [-0.25, -0.2) is 0 Å². The largest absolute Gasteiger partial charge is 0.497 e. The molecule has 5 aliphatic rings. The van der Waals surface area contributed by atoms with Gasteiger partial charge in [0.05, 0.1) is 29.6 Å². The number of allylic oxidation sites excluding steroid dienone is 1. The summed E-state index contributed by atoms with van der Waals surface area (Å²) in [6.45, 7) is 8.52. The number of carboxylic acids is 1. The predicted octanol–water partition coefficient (Wildman–Crippen LogP) is 7.04. The van der Waals surface area contributed by atoms with Crippen molar-refractivity contribution in [2.75, 3.05) is 25.1 Å². The molecule has 0 bridgehead atoms. The highest BCUT2D eigenvalue weighted by atomic mass is 32.2. The molecule has 3 aromatic carbocycles. The molecule has 5 heterocycles. The van der Waals surface area contributed by atoms with Gasteiger partial charge in [-0.3, -0.25) is 9.35 Å². The van der Waals surface area contributed by atoms with Crippen molar-refractivity contribution in [1.82, 2.24) is 0 Å². The lowest BCUT2D eigenvalue weighted by atomic mass is 9.71. The van der Waals surface area contributed by atoms with E-state index in [4.69, 9.17) is 9.47 Å². The molecule has 8 rings (SSSR count). The molecular formula is C39H43N2O7S+. The summed E-state index contributed by atoms with van der Waals surface area (Å²) in [6.07, 6.45) is 7.66. The van der Waals surface area contributed by atoms with Gasteiger partial charge < -0.3 is 19.5 Å². The molecule has 3 unspecified atom stereocenters. The molecular weight excluding hydrogens is 641 g/mol. The Balaban J connectivity index is 1.25. The molecule has 3 aromatic rings. The Hall–Kier alpha value is -3.99. The van der Waals surface area contributed by atoms with E-state index < -0.39 is 21.5 Å². The van der Waals surface area contributed by atoms with Gasteiger partial charge in [-0.05, 0) is 98.8 Å². The predicted molar refractivity (Wildman–Crippen MR) is 188 cm³/mol. The Bertz CT molecular complexity index is 2150. The van der Waals surface area contributed by atoms with Crippen LogP contribution in [0.2, 0.25) is 0 Å². The van der Waals surface area contributed by atoms with Crippen LogP contribution in [0.25, 0.3) is 10.8 Å². The average molecular weight is 684 g/mol. The van der Waals surface area contributed by atoms with Crippen LogP contribution >= 0.6 is 0 Å². The number of rotatable bonds is 8. The first-order valence-corrected chi connectivity index (χ1v) is 18.8. The van der Waals surface area contributed by atoms with Crippen LogP contribution in [0.3, 0.4) is 0 Å². The number of aliphatic carboxylic acids is 1. The zero-order valence-electron chi connectivity index (χ0n) is 28.5. The number of benzene rings is 3. The van der Waals surface area contributed by atoms with E-state index in [-0.39, 0.29) is 28.9 Å². The Labute approximate surface area is 287 Å². The molecule has 0 aromatic heterocycles. The average Bonchev–Trinajstić information content (AvgIpc) is 3.47. The second kappa shape index (κ2) is 11.3. The van der Waals surface area contributed by atoms with E-state index in [1.807, 2.05) is 18.2 Å². The molecule has 9 nitrogen and oxygen atoms in total. The molecule has 10 heteroatoms. The van der Waals surface area contributed by atoms with Gasteiger partial charge in [-0.15, -0.1) is 0 Å². The summed E-state index contributed by atoms with van der Waals surface area (Å²) >= 11 is 0. The molecule has 0 saturated heterocycles. The number of fused-ring (bicyclic) bond motifs is 10. The van der Waals surface area contributed by atoms with Crippen LogP contribution in [-0.4, -0.2) is 66.7 Å². The molecule has 49 heavy (non-hydrogen) atoms. The Morgan fingerprint density at radius 3 is 2.61 bits per heavy atom. The van der Waals surface area contributed by atoms with Gasteiger partial charge in [0, 0.05) is 59.0 Å². The molecule has 0 fully saturated rings. The van der Waals surface area contributed by atoms with E-state index in [1.54, 1.807) is 13.2 Å². The summed E-state index contributed by atoms with van der Waals surface area (Å²) in [5, 5.41) is 11.0. The quantitative estimate of drug-likeness (QED) is 0.148. The lowest BCUT2D eigenvalue weighted by molar-refractivity contribution is -0.445. The van der Waals surface area contributed by atoms with Crippen molar-refractivity contribution < 1.29 is 36.9 Å². The van der Waals surface area contributed by atoms with Crippen LogP contribution in [0, 0.1) is 0 Å². The summed E-state index contributed by atoms with van der Waals surface area (Å²) in [7, 11) is -2.62. The summed E-state index contributed by atoms with van der Waals surface area (Å²) in [6, 6.07) is 15.3. The number of carboxylic acid groups (broad SMARTS) is 1. The molecule has 0 spiro atoms. The molecule has 0 saturated carbocycles. The van der Waals surface area contributed by atoms with Crippen molar-refractivity contribution in [3.63, 3.8) is 0 Å². The van der Waals surface area contributed by atoms with Crippen LogP contribution in [-0.2, 0) is 30.5 Å². The summed E-state index contributed by atoms with van der Waals surface area (Å²) in [5.74, 6) is 0.0804. The number of methoxy groups -OCH3 is 1.